The minimum Gasteiger partial charge on any atom is -0.497 e. The van der Waals surface area contributed by atoms with E-state index < -0.39 is 25.3 Å². The highest BCUT2D eigenvalue weighted by Gasteiger charge is 2.64. The zero-order valence-corrected chi connectivity index (χ0v) is 14.8. The highest BCUT2D eigenvalue weighted by molar-refractivity contribution is 9.10. The Bertz CT molecular complexity index is 759. The van der Waals surface area contributed by atoms with E-state index in [1.807, 2.05) is 0 Å². The standard InChI is InChI=1S/C14H11BrClF4NOS/c1-22-12-5-2-10(3-6-12)13(16)9-23(17,18,19,20)14-7-4-11(15)8-21-14/h2-9H,1H3/b13-9+. The van der Waals surface area contributed by atoms with E-state index in [0.29, 0.717) is 16.3 Å². The van der Waals surface area contributed by atoms with Gasteiger partial charge in [-0.05, 0) is 57.9 Å². The van der Waals surface area contributed by atoms with Crippen LogP contribution in [0, 0.1) is 0 Å². The number of benzene rings is 1. The smallest absolute Gasteiger partial charge is 0.220 e. The van der Waals surface area contributed by atoms with Gasteiger partial charge in [0.2, 0.25) is 9.84 Å². The second-order valence-electron chi connectivity index (χ2n) is 4.64. The lowest BCUT2D eigenvalue weighted by atomic mass is 10.2. The van der Waals surface area contributed by atoms with Crippen molar-refractivity contribution in [3.8, 4) is 5.75 Å². The van der Waals surface area contributed by atoms with E-state index in [0.717, 1.165) is 12.3 Å². The van der Waals surface area contributed by atoms with Crippen molar-refractivity contribution in [2.45, 2.75) is 5.03 Å². The largest absolute Gasteiger partial charge is 0.497 e. The van der Waals surface area contributed by atoms with Gasteiger partial charge in [0.15, 0.2) is 5.03 Å². The van der Waals surface area contributed by atoms with Crippen LogP contribution in [0.25, 0.3) is 5.03 Å². The van der Waals surface area contributed by atoms with Gasteiger partial charge in [0.05, 0.1) is 17.6 Å². The number of hydrogen-bond donors (Lipinski definition) is 0. The number of hydrogen-bond acceptors (Lipinski definition) is 2. The molecule has 1 aromatic heterocycles. The molecule has 2 nitrogen and oxygen atoms in total. The van der Waals surface area contributed by atoms with E-state index in [2.05, 4.69) is 20.9 Å². The van der Waals surface area contributed by atoms with Gasteiger partial charge >= 0.3 is 0 Å². The van der Waals surface area contributed by atoms with Gasteiger partial charge < -0.3 is 4.74 Å². The molecule has 9 heteroatoms. The molecule has 0 aliphatic rings. The molecule has 126 valence electrons. The van der Waals surface area contributed by atoms with E-state index in [1.165, 1.54) is 31.4 Å². The molecule has 0 atom stereocenters. The molecule has 0 N–H and O–H groups in total. The fraction of sp³-hybridized carbons (Fsp3) is 0.0714. The molecule has 0 amide bonds. The first-order valence-corrected chi connectivity index (χ1v) is 9.37. The lowest BCUT2D eigenvalue weighted by Crippen LogP contribution is -2.12. The number of ether oxygens (including phenoxy) is 1. The lowest BCUT2D eigenvalue weighted by Gasteiger charge is -2.46. The highest BCUT2D eigenvalue weighted by Crippen LogP contribution is 3.01. The average Bonchev–Trinajstić information content (AvgIpc) is 2.46. The molecule has 0 saturated carbocycles. The van der Waals surface area contributed by atoms with E-state index in [-0.39, 0.29) is 5.56 Å². The van der Waals surface area contributed by atoms with Gasteiger partial charge in [-0.2, -0.15) is 0 Å². The first-order chi connectivity index (χ1) is 10.4. The summed E-state index contributed by atoms with van der Waals surface area (Å²) in [6.45, 7) is 0. The fourth-order valence-electron chi connectivity index (χ4n) is 1.70. The summed E-state index contributed by atoms with van der Waals surface area (Å²) in [5.74, 6) is 0.444. The van der Waals surface area contributed by atoms with Crippen molar-refractivity contribution >= 4 is 42.4 Å². The van der Waals surface area contributed by atoms with Gasteiger partial charge in [-0.1, -0.05) is 11.6 Å². The Kier molecular flexibility index (Phi) is 4.24. The minimum absolute atomic E-state index is 0.0141. The molecule has 1 aromatic carbocycles. The second kappa shape index (κ2) is 5.39. The summed E-state index contributed by atoms with van der Waals surface area (Å²) in [4.78, 5) is 3.15. The van der Waals surface area contributed by atoms with Crippen molar-refractivity contribution < 1.29 is 20.3 Å². The molecule has 2 aromatic rings. The van der Waals surface area contributed by atoms with E-state index >= 15 is 0 Å². The fourth-order valence-corrected chi connectivity index (χ4v) is 3.90. The Morgan fingerprint density at radius 1 is 1.13 bits per heavy atom. The van der Waals surface area contributed by atoms with Crippen molar-refractivity contribution in [2.75, 3.05) is 7.11 Å². The Hall–Kier alpha value is -1.25. The van der Waals surface area contributed by atoms with Crippen LogP contribution in [0.2, 0.25) is 0 Å². The van der Waals surface area contributed by atoms with Crippen LogP contribution in [0.4, 0.5) is 15.5 Å². The third kappa shape index (κ3) is 4.19. The number of halogens is 6. The molecular weight excluding hydrogens is 422 g/mol. The number of aromatic nitrogens is 1. The van der Waals surface area contributed by atoms with Crippen LogP contribution in [0.15, 0.2) is 57.5 Å². The zero-order chi connectivity index (χ0) is 17.4. The summed E-state index contributed by atoms with van der Waals surface area (Å²) in [6.07, 6.45) is 0.878. The van der Waals surface area contributed by atoms with Gasteiger partial charge in [-0.25, -0.2) is 4.98 Å². The van der Waals surface area contributed by atoms with Crippen LogP contribution in [-0.4, -0.2) is 12.1 Å². The van der Waals surface area contributed by atoms with Crippen LogP contribution in [0.5, 0.6) is 5.75 Å². The summed E-state index contributed by atoms with van der Waals surface area (Å²) < 4.78 is 62.3. The first kappa shape index (κ1) is 18.1. The normalized spacial score (nSPS) is 15.7. The molecule has 0 spiro atoms. The Morgan fingerprint density at radius 3 is 2.22 bits per heavy atom. The molecule has 0 bridgehead atoms. The predicted octanol–water partition coefficient (Wildman–Crippen LogP) is 6.86. The van der Waals surface area contributed by atoms with Crippen LogP contribution in [-0.2, 0) is 0 Å². The molecule has 2 rings (SSSR count). The number of pyridine rings is 1. The minimum atomic E-state index is -8.76. The quantitative estimate of drug-likeness (QED) is 0.492. The van der Waals surface area contributed by atoms with Crippen molar-refractivity contribution in [3.63, 3.8) is 0 Å². The van der Waals surface area contributed by atoms with Crippen LogP contribution in [0.3, 0.4) is 0 Å². The Balaban J connectivity index is 2.52. The molecule has 0 radical (unpaired) electrons. The molecular formula is C14H11BrClF4NOS. The predicted molar refractivity (Wildman–Crippen MR) is 89.0 cm³/mol. The topological polar surface area (TPSA) is 22.1 Å². The summed E-state index contributed by atoms with van der Waals surface area (Å²) in [7, 11) is -7.34. The maximum absolute atomic E-state index is 14.3. The van der Waals surface area contributed by atoms with Crippen molar-refractivity contribution in [1.82, 2.24) is 4.98 Å². The van der Waals surface area contributed by atoms with Gasteiger partial charge in [0, 0.05) is 10.7 Å². The molecule has 1 heterocycles. The number of rotatable bonds is 4. The van der Waals surface area contributed by atoms with Crippen LogP contribution < -0.4 is 4.74 Å². The van der Waals surface area contributed by atoms with E-state index in [1.54, 1.807) is 0 Å². The molecule has 0 aliphatic carbocycles. The van der Waals surface area contributed by atoms with E-state index in [4.69, 9.17) is 16.3 Å². The monoisotopic (exact) mass is 431 g/mol. The summed E-state index contributed by atoms with van der Waals surface area (Å²) in [6, 6.07) is 7.10. The Labute approximate surface area is 143 Å². The average molecular weight is 433 g/mol. The van der Waals surface area contributed by atoms with Crippen LogP contribution in [0.1, 0.15) is 5.56 Å². The van der Waals surface area contributed by atoms with Gasteiger partial charge in [0.25, 0.3) is 0 Å². The number of nitrogens with zero attached hydrogens (tertiary/aromatic N) is 1. The zero-order valence-electron chi connectivity index (χ0n) is 11.7. The Morgan fingerprint density at radius 2 is 1.74 bits per heavy atom. The van der Waals surface area contributed by atoms with E-state index in [9.17, 15) is 15.5 Å². The van der Waals surface area contributed by atoms with Crippen LogP contribution >= 0.6 is 37.4 Å². The van der Waals surface area contributed by atoms with Gasteiger partial charge in [-0.3, -0.25) is 0 Å². The second-order valence-corrected chi connectivity index (χ2v) is 8.88. The van der Waals surface area contributed by atoms with Gasteiger partial charge in [-0.15, -0.1) is 15.5 Å². The third-order valence-electron chi connectivity index (χ3n) is 2.84. The molecule has 0 aliphatic heterocycles. The third-order valence-corrected chi connectivity index (χ3v) is 5.59. The van der Waals surface area contributed by atoms with Crippen molar-refractivity contribution in [1.29, 1.82) is 0 Å². The number of methoxy groups -OCH3 is 1. The SMILES string of the molecule is COc1ccc(/C(Cl)=C\S(F)(F)(F)(F)c2ccc(Br)cn2)cc1. The van der Waals surface area contributed by atoms with Crippen molar-refractivity contribution in [3.05, 3.63) is 58.0 Å². The maximum atomic E-state index is 14.3. The molecule has 0 saturated heterocycles. The molecule has 23 heavy (non-hydrogen) atoms. The highest BCUT2D eigenvalue weighted by atomic mass is 79.9. The van der Waals surface area contributed by atoms with Gasteiger partial charge in [0.1, 0.15) is 5.75 Å². The lowest BCUT2D eigenvalue weighted by molar-refractivity contribution is 0.415. The van der Waals surface area contributed by atoms with Crippen molar-refractivity contribution in [2.24, 2.45) is 0 Å². The summed E-state index contributed by atoms with van der Waals surface area (Å²) in [5, 5.41) is -2.87. The molecule has 0 fully saturated rings. The maximum Gasteiger partial charge on any atom is 0.220 e. The molecule has 0 unspecified atom stereocenters. The summed E-state index contributed by atoms with van der Waals surface area (Å²) >= 11 is 8.66. The summed E-state index contributed by atoms with van der Waals surface area (Å²) in [5.41, 5.74) is 0.0141. The first-order valence-electron chi connectivity index (χ1n) is 6.09.